The number of aliphatic hydroxyl groups is 3. The summed E-state index contributed by atoms with van der Waals surface area (Å²) >= 11 is 0. The zero-order chi connectivity index (χ0) is 27.0. The van der Waals surface area contributed by atoms with Crippen LogP contribution in [0.5, 0.6) is 5.75 Å². The molecule has 1 amide bonds. The largest absolute Gasteiger partial charge is 0.510 e. The average molecular weight is 498 g/mol. The Bertz CT molecular complexity index is 1350. The van der Waals surface area contributed by atoms with E-state index in [2.05, 4.69) is 0 Å². The van der Waals surface area contributed by atoms with Crippen molar-refractivity contribution in [2.75, 3.05) is 14.1 Å². The molecule has 36 heavy (non-hydrogen) atoms. The number of carbonyl (C=O) groups is 5. The maximum Gasteiger partial charge on any atom is 0.255 e. The predicted molar refractivity (Wildman–Crippen MR) is 124 cm³/mol. The van der Waals surface area contributed by atoms with Crippen LogP contribution in [0.2, 0.25) is 0 Å². The van der Waals surface area contributed by atoms with Crippen molar-refractivity contribution in [2.45, 2.75) is 38.3 Å². The molecule has 11 nitrogen and oxygen atoms in total. The monoisotopic (exact) mass is 498 g/mol. The number of rotatable bonds is 4. The molecule has 6 N–H and O–H groups in total. The van der Waals surface area contributed by atoms with Crippen molar-refractivity contribution in [3.05, 3.63) is 51.0 Å². The number of aliphatic hydroxyl groups excluding tert-OH is 2. The Balaban J connectivity index is 2.02. The van der Waals surface area contributed by atoms with Crippen molar-refractivity contribution in [1.29, 1.82) is 0 Å². The first-order valence-electron chi connectivity index (χ1n) is 11.2. The number of primary amides is 1. The van der Waals surface area contributed by atoms with Gasteiger partial charge in [0.25, 0.3) is 5.91 Å². The van der Waals surface area contributed by atoms with E-state index in [1.54, 1.807) is 0 Å². The van der Waals surface area contributed by atoms with Crippen LogP contribution in [0.15, 0.2) is 28.7 Å². The third kappa shape index (κ3) is 3.16. The van der Waals surface area contributed by atoms with Gasteiger partial charge in [-0.25, -0.2) is 0 Å². The Morgan fingerprint density at radius 2 is 1.64 bits per heavy atom. The molecule has 190 valence electrons. The zero-order valence-corrected chi connectivity index (χ0v) is 20.1. The van der Waals surface area contributed by atoms with Gasteiger partial charge >= 0.3 is 0 Å². The normalized spacial score (nSPS) is 27.6. The second kappa shape index (κ2) is 8.10. The smallest absolute Gasteiger partial charge is 0.255 e. The average Bonchev–Trinajstić information content (AvgIpc) is 2.75. The molecule has 4 rings (SSSR count). The molecular weight excluding hydrogens is 472 g/mol. The summed E-state index contributed by atoms with van der Waals surface area (Å²) in [6.45, 7) is 2.40. The standard InChI is InChI=1S/C25H26N2O9/c1-8(28)11-7-12(9(2)29)19(30)16-13(11)5-10-6-14-18(27(3)4)21(32)17(24(26)35)23(34)25(14,36)22(33)15(10)20(16)31/h7,10,14,18,30,32-33,36H,5-6H2,1-4H3,(H2,26,35)/t10-,14-,18-,25-/m1/s1. The Morgan fingerprint density at radius 1 is 1.06 bits per heavy atom. The van der Waals surface area contributed by atoms with Crippen LogP contribution >= 0.6 is 0 Å². The van der Waals surface area contributed by atoms with Gasteiger partial charge in [0.1, 0.15) is 22.8 Å². The first kappa shape index (κ1) is 25.3. The van der Waals surface area contributed by atoms with Crippen molar-refractivity contribution < 1.29 is 44.4 Å². The summed E-state index contributed by atoms with van der Waals surface area (Å²) in [5.74, 6) is -8.99. The molecule has 0 heterocycles. The zero-order valence-electron chi connectivity index (χ0n) is 20.1. The van der Waals surface area contributed by atoms with Gasteiger partial charge in [0.15, 0.2) is 23.0 Å². The molecule has 0 saturated heterocycles. The Kier molecular flexibility index (Phi) is 5.69. The van der Waals surface area contributed by atoms with Crippen LogP contribution in [0.4, 0.5) is 0 Å². The third-order valence-corrected chi connectivity index (χ3v) is 7.48. The number of carbonyl (C=O) groups excluding carboxylic acids is 5. The van der Waals surface area contributed by atoms with Gasteiger partial charge in [0.2, 0.25) is 5.78 Å². The van der Waals surface area contributed by atoms with Crippen molar-refractivity contribution in [2.24, 2.45) is 17.6 Å². The molecule has 3 aliphatic carbocycles. The Hall–Kier alpha value is -3.83. The van der Waals surface area contributed by atoms with Crippen molar-refractivity contribution in [3.63, 3.8) is 0 Å². The fourth-order valence-electron chi connectivity index (χ4n) is 5.90. The molecule has 0 bridgehead atoms. The van der Waals surface area contributed by atoms with Gasteiger partial charge in [0, 0.05) is 17.1 Å². The number of fused-ring (bicyclic) bond motifs is 3. The molecule has 0 unspecified atom stereocenters. The number of hydrogen-bond acceptors (Lipinski definition) is 10. The fourth-order valence-corrected chi connectivity index (χ4v) is 5.90. The second-order valence-corrected chi connectivity index (χ2v) is 9.75. The number of nitrogens with zero attached hydrogens (tertiary/aromatic N) is 1. The number of likely N-dealkylation sites (N-methyl/N-ethyl adjacent to an activating group) is 1. The van der Waals surface area contributed by atoms with Crippen LogP contribution in [0, 0.1) is 11.8 Å². The van der Waals surface area contributed by atoms with E-state index >= 15 is 0 Å². The van der Waals surface area contributed by atoms with Crippen molar-refractivity contribution >= 4 is 29.0 Å². The number of amides is 1. The molecule has 0 radical (unpaired) electrons. The predicted octanol–water partition coefficient (Wildman–Crippen LogP) is 0.526. The van der Waals surface area contributed by atoms with Crippen LogP contribution in [-0.4, -0.2) is 80.1 Å². The number of phenolic OH excluding ortho intramolecular Hbond substituents is 1. The first-order chi connectivity index (χ1) is 16.7. The quantitative estimate of drug-likeness (QED) is 0.288. The van der Waals surface area contributed by atoms with Gasteiger partial charge in [-0.3, -0.25) is 28.9 Å². The second-order valence-electron chi connectivity index (χ2n) is 9.75. The summed E-state index contributed by atoms with van der Waals surface area (Å²) in [4.78, 5) is 64.9. The summed E-state index contributed by atoms with van der Waals surface area (Å²) < 4.78 is 0. The van der Waals surface area contributed by atoms with E-state index in [1.165, 1.54) is 32.0 Å². The van der Waals surface area contributed by atoms with Crippen molar-refractivity contribution in [1.82, 2.24) is 4.90 Å². The van der Waals surface area contributed by atoms with E-state index in [4.69, 9.17) is 5.73 Å². The highest BCUT2D eigenvalue weighted by Gasteiger charge is 2.63. The molecule has 0 saturated carbocycles. The summed E-state index contributed by atoms with van der Waals surface area (Å²) in [5.41, 5.74) is 0.893. The van der Waals surface area contributed by atoms with Gasteiger partial charge in [-0.2, -0.15) is 0 Å². The fraction of sp³-hybridized carbons (Fsp3) is 0.400. The number of phenols is 1. The molecule has 1 aromatic carbocycles. The number of Topliss-reactive ketones (excluding diaryl/α,β-unsaturated/α-hetero) is 4. The number of allylic oxidation sites excluding steroid dienone is 1. The summed E-state index contributed by atoms with van der Waals surface area (Å²) in [6, 6.07) is 0.108. The first-order valence-corrected chi connectivity index (χ1v) is 11.2. The lowest BCUT2D eigenvalue weighted by Crippen LogP contribution is -2.63. The minimum Gasteiger partial charge on any atom is -0.510 e. The number of nitrogens with two attached hydrogens (primary N) is 1. The van der Waals surface area contributed by atoms with Crippen LogP contribution in [-0.2, 0) is 16.0 Å². The third-order valence-electron chi connectivity index (χ3n) is 7.48. The molecule has 0 fully saturated rings. The lowest BCUT2D eigenvalue weighted by atomic mass is 9.58. The molecule has 0 aromatic heterocycles. The molecule has 1 aromatic rings. The molecule has 0 aliphatic heterocycles. The lowest BCUT2D eigenvalue weighted by Gasteiger charge is -2.50. The molecule has 4 atom stereocenters. The Labute approximate surface area is 205 Å². The summed E-state index contributed by atoms with van der Waals surface area (Å²) in [7, 11) is 3.06. The number of aromatic hydroxyl groups is 1. The lowest BCUT2D eigenvalue weighted by molar-refractivity contribution is -0.148. The van der Waals surface area contributed by atoms with E-state index in [9.17, 15) is 44.4 Å². The number of benzene rings is 1. The van der Waals surface area contributed by atoms with Gasteiger partial charge < -0.3 is 26.2 Å². The Morgan fingerprint density at radius 3 is 2.14 bits per heavy atom. The highest BCUT2D eigenvalue weighted by Crippen LogP contribution is 2.52. The van der Waals surface area contributed by atoms with Crippen LogP contribution in [0.3, 0.4) is 0 Å². The van der Waals surface area contributed by atoms with E-state index in [-0.39, 0.29) is 40.7 Å². The highest BCUT2D eigenvalue weighted by molar-refractivity contribution is 6.25. The number of ketones is 4. The maximum atomic E-state index is 13.7. The van der Waals surface area contributed by atoms with Gasteiger partial charge in [-0.15, -0.1) is 0 Å². The van der Waals surface area contributed by atoms with E-state index < -0.39 is 75.4 Å². The van der Waals surface area contributed by atoms with E-state index in [0.717, 1.165) is 6.92 Å². The van der Waals surface area contributed by atoms with E-state index in [1.807, 2.05) is 0 Å². The minimum absolute atomic E-state index is 0.0325. The van der Waals surface area contributed by atoms with Gasteiger partial charge in [0.05, 0.1) is 17.2 Å². The van der Waals surface area contributed by atoms with Gasteiger partial charge in [-0.05, 0) is 58.3 Å². The molecule has 11 heteroatoms. The molecular formula is C25H26N2O9. The number of hydrogen-bond donors (Lipinski definition) is 5. The highest BCUT2D eigenvalue weighted by atomic mass is 16.3. The van der Waals surface area contributed by atoms with Crippen molar-refractivity contribution in [3.8, 4) is 5.75 Å². The van der Waals surface area contributed by atoms with Crippen LogP contribution in [0.25, 0.3) is 0 Å². The van der Waals surface area contributed by atoms with Gasteiger partial charge in [-0.1, -0.05) is 0 Å². The topological polar surface area (TPSA) is 196 Å². The molecule has 0 spiro atoms. The summed E-state index contributed by atoms with van der Waals surface area (Å²) in [6.07, 6.45) is -0.131. The minimum atomic E-state index is -2.76. The van der Waals surface area contributed by atoms with E-state index in [0.29, 0.717) is 0 Å². The maximum absolute atomic E-state index is 13.7. The SMILES string of the molecule is CC(=O)c1cc(C(C)=O)c2c(c1O)C(=O)C1=C(O)[C@@]3(O)C(=O)C(C(N)=O)=C(O)[C@H](N(C)C)[C@H]3C[C@H]1C2. The van der Waals surface area contributed by atoms with Crippen LogP contribution < -0.4 is 5.73 Å². The summed E-state index contributed by atoms with van der Waals surface area (Å²) in [5, 5.41) is 44.4. The molecule has 3 aliphatic rings. The van der Waals surface area contributed by atoms with Crippen LogP contribution in [0.1, 0.15) is 56.9 Å².